The van der Waals surface area contributed by atoms with E-state index in [9.17, 15) is 8.42 Å². The zero-order chi connectivity index (χ0) is 14.6. The maximum atomic E-state index is 12.4. The molecule has 108 valence electrons. The first-order valence-corrected chi connectivity index (χ1v) is 8.41. The Labute approximate surface area is 126 Å². The first-order chi connectivity index (χ1) is 9.54. The van der Waals surface area contributed by atoms with Crippen molar-refractivity contribution < 1.29 is 8.42 Å². The van der Waals surface area contributed by atoms with E-state index in [1.165, 1.54) is 4.31 Å². The minimum Gasteiger partial charge on any atom is -0.374 e. The summed E-state index contributed by atoms with van der Waals surface area (Å²) in [5.74, 6) is 5.69. The van der Waals surface area contributed by atoms with Gasteiger partial charge in [-0.2, -0.15) is 16.9 Å². The Hall–Kier alpha value is -1.16. The van der Waals surface area contributed by atoms with Crippen LogP contribution in [-0.2, 0) is 10.0 Å². The van der Waals surface area contributed by atoms with E-state index in [1.54, 1.807) is 31.2 Å². The fourth-order valence-electron chi connectivity index (χ4n) is 2.06. The predicted octanol–water partition coefficient (Wildman–Crippen LogP) is 1.81. The number of rotatable bonds is 4. The molecule has 0 aromatic heterocycles. The van der Waals surface area contributed by atoms with Gasteiger partial charge in [-0.05, 0) is 37.6 Å². The van der Waals surface area contributed by atoms with Gasteiger partial charge in [0, 0.05) is 24.0 Å². The monoisotopic (exact) mass is 310 g/mol. The number of sulfonamides is 1. The maximum absolute atomic E-state index is 12.4. The van der Waals surface area contributed by atoms with Gasteiger partial charge >= 0.3 is 0 Å². The number of hydrogen-bond acceptors (Lipinski definition) is 4. The van der Waals surface area contributed by atoms with Crippen LogP contribution in [0.4, 0.5) is 5.69 Å². The number of anilines is 1. The molecule has 0 saturated carbocycles. The molecule has 1 fully saturated rings. The zero-order valence-electron chi connectivity index (χ0n) is 11.3. The van der Waals surface area contributed by atoms with Crippen LogP contribution in [-0.4, -0.2) is 37.6 Å². The number of hydrogen-bond donors (Lipinski definition) is 2. The summed E-state index contributed by atoms with van der Waals surface area (Å²) in [5.41, 5.74) is 0.861. The van der Waals surface area contributed by atoms with Gasteiger partial charge < -0.3 is 5.32 Å². The molecule has 0 unspecified atom stereocenters. The van der Waals surface area contributed by atoms with Crippen molar-refractivity contribution in [1.82, 2.24) is 4.31 Å². The fourth-order valence-corrected chi connectivity index (χ4v) is 3.98. The Morgan fingerprint density at radius 1 is 1.40 bits per heavy atom. The van der Waals surface area contributed by atoms with Crippen LogP contribution in [0.1, 0.15) is 13.3 Å². The molecule has 1 N–H and O–H groups in total. The molecule has 1 aromatic carbocycles. The zero-order valence-corrected chi connectivity index (χ0v) is 13.0. The van der Waals surface area contributed by atoms with Crippen LogP contribution < -0.4 is 5.32 Å². The van der Waals surface area contributed by atoms with Gasteiger partial charge in [0.15, 0.2) is 0 Å². The smallest absolute Gasteiger partial charge is 0.243 e. The lowest BCUT2D eigenvalue weighted by Crippen LogP contribution is -2.29. The van der Waals surface area contributed by atoms with E-state index in [1.807, 2.05) is 0 Å². The Bertz CT molecular complexity index is 615. The van der Waals surface area contributed by atoms with Gasteiger partial charge in [0.05, 0.1) is 11.4 Å². The highest BCUT2D eigenvalue weighted by Gasteiger charge is 2.30. The molecule has 6 heteroatoms. The molecule has 1 aromatic rings. The number of benzene rings is 1. The fraction of sp³-hybridized carbons (Fsp3) is 0.429. The molecule has 0 bridgehead atoms. The molecule has 1 atom stereocenters. The highest BCUT2D eigenvalue weighted by Crippen LogP contribution is 2.24. The molecular formula is C14H18N2O2S2. The Kier molecular flexibility index (Phi) is 4.97. The summed E-state index contributed by atoms with van der Waals surface area (Å²) in [5, 5.41) is 3.24. The van der Waals surface area contributed by atoms with E-state index in [2.05, 4.69) is 29.8 Å². The summed E-state index contributed by atoms with van der Waals surface area (Å²) in [6, 6.07) is 6.78. The molecule has 0 aliphatic carbocycles. The molecule has 1 heterocycles. The molecule has 0 amide bonds. The van der Waals surface area contributed by atoms with Crippen LogP contribution in [0.25, 0.3) is 0 Å². The second-order valence-electron chi connectivity index (χ2n) is 4.61. The molecule has 2 rings (SSSR count). The van der Waals surface area contributed by atoms with Crippen molar-refractivity contribution in [2.45, 2.75) is 23.5 Å². The standard InChI is InChI=1S/C14H18N2O2S2/c1-2-3-9-15-12-4-6-14(7-5-12)20(17,18)16-10-8-13(19)11-16/h4-7,13,15,19H,8-11H2,1H3/t13-/m1/s1. The van der Waals surface area contributed by atoms with Crippen LogP contribution in [0.2, 0.25) is 0 Å². The lowest BCUT2D eigenvalue weighted by molar-refractivity contribution is 0.478. The van der Waals surface area contributed by atoms with Crippen LogP contribution in [0.15, 0.2) is 29.2 Å². The minimum absolute atomic E-state index is 0.137. The number of nitrogens with one attached hydrogen (secondary N) is 1. The normalized spacial score (nSPS) is 19.4. The molecular weight excluding hydrogens is 292 g/mol. The largest absolute Gasteiger partial charge is 0.374 e. The summed E-state index contributed by atoms with van der Waals surface area (Å²) in [6.07, 6.45) is 0.803. The van der Waals surface area contributed by atoms with Crippen LogP contribution in [0, 0.1) is 11.8 Å². The van der Waals surface area contributed by atoms with E-state index in [0.717, 1.165) is 12.1 Å². The van der Waals surface area contributed by atoms with Gasteiger partial charge in [-0.15, -0.1) is 5.92 Å². The average molecular weight is 310 g/mol. The van der Waals surface area contributed by atoms with E-state index in [-0.39, 0.29) is 5.25 Å². The van der Waals surface area contributed by atoms with Gasteiger partial charge in [-0.25, -0.2) is 8.42 Å². The van der Waals surface area contributed by atoms with Crippen molar-refractivity contribution in [3.8, 4) is 11.8 Å². The van der Waals surface area contributed by atoms with E-state index in [0.29, 0.717) is 24.5 Å². The van der Waals surface area contributed by atoms with Crippen LogP contribution >= 0.6 is 12.6 Å². The Balaban J connectivity index is 2.10. The molecule has 0 spiro atoms. The van der Waals surface area contributed by atoms with Gasteiger partial charge in [0.25, 0.3) is 0 Å². The Morgan fingerprint density at radius 2 is 2.10 bits per heavy atom. The molecule has 1 aliphatic heterocycles. The summed E-state index contributed by atoms with van der Waals surface area (Å²) >= 11 is 4.33. The quantitative estimate of drug-likeness (QED) is 0.659. The van der Waals surface area contributed by atoms with Crippen molar-refractivity contribution >= 4 is 28.3 Å². The average Bonchev–Trinajstić information content (AvgIpc) is 2.87. The maximum Gasteiger partial charge on any atom is 0.243 e. The molecule has 0 radical (unpaired) electrons. The van der Waals surface area contributed by atoms with Crippen LogP contribution in [0.3, 0.4) is 0 Å². The first kappa shape index (κ1) is 15.2. The van der Waals surface area contributed by atoms with Crippen molar-refractivity contribution in [2.75, 3.05) is 25.0 Å². The summed E-state index contributed by atoms with van der Waals surface area (Å²) in [7, 11) is -3.38. The number of thiol groups is 1. The lowest BCUT2D eigenvalue weighted by Gasteiger charge is -2.16. The van der Waals surface area contributed by atoms with Crippen molar-refractivity contribution in [1.29, 1.82) is 0 Å². The molecule has 1 aliphatic rings. The second kappa shape index (κ2) is 6.53. The third-order valence-electron chi connectivity index (χ3n) is 3.18. The van der Waals surface area contributed by atoms with Gasteiger partial charge in [0.2, 0.25) is 10.0 Å². The summed E-state index contributed by atoms with van der Waals surface area (Å²) in [4.78, 5) is 0.326. The van der Waals surface area contributed by atoms with Crippen molar-refractivity contribution in [3.05, 3.63) is 24.3 Å². The first-order valence-electron chi connectivity index (χ1n) is 6.46. The predicted molar refractivity (Wildman–Crippen MR) is 84.5 cm³/mol. The topological polar surface area (TPSA) is 49.4 Å². The minimum atomic E-state index is -3.38. The van der Waals surface area contributed by atoms with Gasteiger partial charge in [-0.1, -0.05) is 5.92 Å². The highest BCUT2D eigenvalue weighted by atomic mass is 32.2. The Morgan fingerprint density at radius 3 is 2.65 bits per heavy atom. The SMILES string of the molecule is CC#CCNc1ccc(S(=O)(=O)N2CC[C@@H](S)C2)cc1. The van der Waals surface area contributed by atoms with E-state index in [4.69, 9.17) is 0 Å². The van der Waals surface area contributed by atoms with Crippen molar-refractivity contribution in [2.24, 2.45) is 0 Å². The number of nitrogens with zero attached hydrogens (tertiary/aromatic N) is 1. The second-order valence-corrected chi connectivity index (χ2v) is 7.28. The van der Waals surface area contributed by atoms with Gasteiger partial charge in [-0.3, -0.25) is 0 Å². The van der Waals surface area contributed by atoms with Gasteiger partial charge in [0.1, 0.15) is 0 Å². The van der Waals surface area contributed by atoms with Crippen LogP contribution in [0.5, 0.6) is 0 Å². The summed E-state index contributed by atoms with van der Waals surface area (Å²) in [6.45, 7) is 3.36. The van der Waals surface area contributed by atoms with Crippen molar-refractivity contribution in [3.63, 3.8) is 0 Å². The van der Waals surface area contributed by atoms with E-state index >= 15 is 0 Å². The highest BCUT2D eigenvalue weighted by molar-refractivity contribution is 7.89. The third-order valence-corrected chi connectivity index (χ3v) is 5.48. The molecule has 1 saturated heterocycles. The van der Waals surface area contributed by atoms with E-state index < -0.39 is 10.0 Å². The molecule has 4 nitrogen and oxygen atoms in total. The third kappa shape index (κ3) is 3.48. The molecule has 20 heavy (non-hydrogen) atoms. The summed E-state index contributed by atoms with van der Waals surface area (Å²) < 4.78 is 26.3. The lowest BCUT2D eigenvalue weighted by atomic mass is 10.3.